The van der Waals surface area contributed by atoms with Crippen molar-refractivity contribution in [1.82, 2.24) is 14.5 Å². The number of aryl methyl sites for hydroxylation is 1. The monoisotopic (exact) mass is 300 g/mol. The predicted octanol–water partition coefficient (Wildman–Crippen LogP) is 3.09. The van der Waals surface area contributed by atoms with Crippen LogP contribution in [0.5, 0.6) is 5.75 Å². The van der Waals surface area contributed by atoms with Gasteiger partial charge in [-0.25, -0.2) is 9.97 Å². The van der Waals surface area contributed by atoms with E-state index in [-0.39, 0.29) is 11.7 Å². The molecule has 0 aromatic carbocycles. The Morgan fingerprint density at radius 3 is 2.52 bits per heavy atom. The molecular formula is C13H15F3N4O. The zero-order valence-corrected chi connectivity index (χ0v) is 11.8. The number of ether oxygens (including phenoxy) is 1. The Bertz CT molecular complexity index is 649. The van der Waals surface area contributed by atoms with Gasteiger partial charge >= 0.3 is 6.36 Å². The number of nitrogens with two attached hydrogens (primary N) is 1. The number of hydrogen-bond donors (Lipinski definition) is 1. The first kappa shape index (κ1) is 15.1. The lowest BCUT2D eigenvalue weighted by Crippen LogP contribution is -2.18. The Kier molecular flexibility index (Phi) is 3.80. The van der Waals surface area contributed by atoms with E-state index in [1.807, 2.05) is 25.5 Å². The second-order valence-electron chi connectivity index (χ2n) is 4.91. The molecular weight excluding hydrogens is 285 g/mol. The summed E-state index contributed by atoms with van der Waals surface area (Å²) in [7, 11) is 1.82. The highest BCUT2D eigenvalue weighted by atomic mass is 19.4. The van der Waals surface area contributed by atoms with E-state index in [0.717, 1.165) is 5.82 Å². The Hall–Kier alpha value is -2.25. The summed E-state index contributed by atoms with van der Waals surface area (Å²) in [5, 5.41) is 0. The number of pyridine rings is 1. The lowest BCUT2D eigenvalue weighted by atomic mass is 10.2. The van der Waals surface area contributed by atoms with Crippen molar-refractivity contribution in [2.75, 3.05) is 5.73 Å². The van der Waals surface area contributed by atoms with Gasteiger partial charge in [-0.2, -0.15) is 0 Å². The molecule has 114 valence electrons. The lowest BCUT2D eigenvalue weighted by Gasteiger charge is -2.11. The standard InChI is InChI=1S/C13H15F3N4O/c1-7(2)12-19-9(6-20(12)3)8-4-10(11(17)18-5-8)21-13(14,15)16/h4-7H,1-3H3,(H2,17,18). The van der Waals surface area contributed by atoms with Crippen LogP contribution in [0.1, 0.15) is 25.6 Å². The highest BCUT2D eigenvalue weighted by molar-refractivity contribution is 5.63. The van der Waals surface area contributed by atoms with Crippen LogP contribution in [-0.4, -0.2) is 20.9 Å². The summed E-state index contributed by atoms with van der Waals surface area (Å²) in [4.78, 5) is 8.12. The number of hydrogen-bond acceptors (Lipinski definition) is 4. The van der Waals surface area contributed by atoms with Gasteiger partial charge in [-0.05, 0) is 6.07 Å². The van der Waals surface area contributed by atoms with Crippen LogP contribution < -0.4 is 10.5 Å². The molecule has 0 saturated heterocycles. The molecule has 0 spiro atoms. The van der Waals surface area contributed by atoms with Gasteiger partial charge in [0, 0.05) is 30.9 Å². The van der Waals surface area contributed by atoms with Crippen molar-refractivity contribution in [3.05, 3.63) is 24.3 Å². The van der Waals surface area contributed by atoms with Crippen LogP contribution in [0.2, 0.25) is 0 Å². The first-order valence-electron chi connectivity index (χ1n) is 6.22. The van der Waals surface area contributed by atoms with E-state index < -0.39 is 12.1 Å². The second kappa shape index (κ2) is 5.27. The van der Waals surface area contributed by atoms with Crippen molar-refractivity contribution in [2.24, 2.45) is 7.05 Å². The zero-order chi connectivity index (χ0) is 15.8. The van der Waals surface area contributed by atoms with Crippen molar-refractivity contribution in [3.8, 4) is 17.0 Å². The van der Waals surface area contributed by atoms with Crippen molar-refractivity contribution >= 4 is 5.82 Å². The van der Waals surface area contributed by atoms with Gasteiger partial charge in [0.2, 0.25) is 0 Å². The third-order valence-electron chi connectivity index (χ3n) is 2.83. The van der Waals surface area contributed by atoms with E-state index >= 15 is 0 Å². The van der Waals surface area contributed by atoms with Crippen molar-refractivity contribution in [2.45, 2.75) is 26.1 Å². The van der Waals surface area contributed by atoms with Crippen LogP contribution in [0, 0.1) is 0 Å². The molecule has 0 amide bonds. The maximum absolute atomic E-state index is 12.3. The van der Waals surface area contributed by atoms with Crippen molar-refractivity contribution in [1.29, 1.82) is 0 Å². The van der Waals surface area contributed by atoms with Gasteiger partial charge < -0.3 is 15.0 Å². The summed E-state index contributed by atoms with van der Waals surface area (Å²) in [6, 6.07) is 1.18. The summed E-state index contributed by atoms with van der Waals surface area (Å²) < 4.78 is 42.6. The number of aromatic nitrogens is 3. The predicted molar refractivity (Wildman–Crippen MR) is 71.6 cm³/mol. The molecule has 5 nitrogen and oxygen atoms in total. The van der Waals surface area contributed by atoms with Gasteiger partial charge in [0.05, 0.1) is 5.69 Å². The number of imidazole rings is 1. The van der Waals surface area contributed by atoms with Crippen LogP contribution in [0.4, 0.5) is 19.0 Å². The summed E-state index contributed by atoms with van der Waals surface area (Å²) in [5.74, 6) is 0.157. The number of nitrogens with zero attached hydrogens (tertiary/aromatic N) is 3. The zero-order valence-electron chi connectivity index (χ0n) is 11.8. The molecule has 2 rings (SSSR count). The maximum atomic E-state index is 12.3. The Morgan fingerprint density at radius 1 is 1.33 bits per heavy atom. The molecule has 21 heavy (non-hydrogen) atoms. The summed E-state index contributed by atoms with van der Waals surface area (Å²) >= 11 is 0. The van der Waals surface area contributed by atoms with E-state index in [9.17, 15) is 13.2 Å². The minimum absolute atomic E-state index is 0.191. The van der Waals surface area contributed by atoms with Gasteiger partial charge in [0.1, 0.15) is 5.82 Å². The minimum atomic E-state index is -4.82. The quantitative estimate of drug-likeness (QED) is 0.946. The molecule has 0 saturated carbocycles. The van der Waals surface area contributed by atoms with Crippen molar-refractivity contribution < 1.29 is 17.9 Å². The third-order valence-corrected chi connectivity index (χ3v) is 2.83. The molecule has 0 aliphatic heterocycles. The average Bonchev–Trinajstić information content (AvgIpc) is 2.72. The Labute approximate surface area is 119 Å². The maximum Gasteiger partial charge on any atom is 0.573 e. The van der Waals surface area contributed by atoms with E-state index in [1.165, 1.54) is 12.3 Å². The molecule has 2 aromatic rings. The molecule has 0 bridgehead atoms. The fourth-order valence-corrected chi connectivity index (χ4v) is 1.96. The highest BCUT2D eigenvalue weighted by Crippen LogP contribution is 2.31. The van der Waals surface area contributed by atoms with Crippen LogP contribution in [0.3, 0.4) is 0 Å². The normalized spacial score (nSPS) is 12.0. The van der Waals surface area contributed by atoms with Gasteiger partial charge in [-0.1, -0.05) is 13.8 Å². The molecule has 0 atom stereocenters. The number of nitrogen functional groups attached to an aromatic ring is 1. The van der Waals surface area contributed by atoms with Gasteiger partial charge in [-0.3, -0.25) is 0 Å². The summed E-state index contributed by atoms with van der Waals surface area (Å²) in [6.07, 6.45) is -1.73. The number of halogens is 3. The molecule has 0 unspecified atom stereocenters. The number of alkyl halides is 3. The van der Waals surface area contributed by atoms with Crippen molar-refractivity contribution in [3.63, 3.8) is 0 Å². The Balaban J connectivity index is 2.41. The van der Waals surface area contributed by atoms with Crippen LogP contribution in [0.15, 0.2) is 18.5 Å². The first-order chi connectivity index (χ1) is 9.67. The number of rotatable bonds is 3. The molecule has 0 aliphatic carbocycles. The SMILES string of the molecule is CC(C)c1nc(-c2cnc(N)c(OC(F)(F)F)c2)cn1C. The van der Waals surface area contributed by atoms with Gasteiger partial charge in [0.15, 0.2) is 11.6 Å². The fourth-order valence-electron chi connectivity index (χ4n) is 1.96. The van der Waals surface area contributed by atoms with E-state index in [2.05, 4.69) is 14.7 Å². The average molecular weight is 300 g/mol. The molecule has 8 heteroatoms. The Morgan fingerprint density at radius 2 is 2.00 bits per heavy atom. The summed E-state index contributed by atoms with van der Waals surface area (Å²) in [6.45, 7) is 3.96. The van der Waals surface area contributed by atoms with E-state index in [0.29, 0.717) is 11.3 Å². The van der Waals surface area contributed by atoms with Crippen LogP contribution in [0.25, 0.3) is 11.3 Å². The number of anilines is 1. The summed E-state index contributed by atoms with van der Waals surface area (Å²) in [5.41, 5.74) is 6.32. The molecule has 2 N–H and O–H groups in total. The molecule has 0 radical (unpaired) electrons. The molecule has 0 aliphatic rings. The third kappa shape index (κ3) is 3.45. The topological polar surface area (TPSA) is 66.0 Å². The fraction of sp³-hybridized carbons (Fsp3) is 0.385. The van der Waals surface area contributed by atoms with E-state index in [4.69, 9.17) is 5.73 Å². The lowest BCUT2D eigenvalue weighted by molar-refractivity contribution is -0.274. The molecule has 0 fully saturated rings. The minimum Gasteiger partial charge on any atom is -0.402 e. The van der Waals surface area contributed by atoms with Crippen LogP contribution >= 0.6 is 0 Å². The van der Waals surface area contributed by atoms with Gasteiger partial charge in [-0.15, -0.1) is 13.2 Å². The first-order valence-corrected chi connectivity index (χ1v) is 6.22. The molecule has 2 heterocycles. The smallest absolute Gasteiger partial charge is 0.402 e. The van der Waals surface area contributed by atoms with Gasteiger partial charge in [0.25, 0.3) is 0 Å². The molecule has 2 aromatic heterocycles. The highest BCUT2D eigenvalue weighted by Gasteiger charge is 2.32. The largest absolute Gasteiger partial charge is 0.573 e. The van der Waals surface area contributed by atoms with Crippen LogP contribution in [-0.2, 0) is 7.05 Å². The van der Waals surface area contributed by atoms with E-state index in [1.54, 1.807) is 6.20 Å². The second-order valence-corrected chi connectivity index (χ2v) is 4.91.